The number of halogens is 4. The summed E-state index contributed by atoms with van der Waals surface area (Å²) >= 11 is 5.61. The van der Waals surface area contributed by atoms with Crippen LogP contribution in [0.15, 0.2) is 42.7 Å². The van der Waals surface area contributed by atoms with Gasteiger partial charge in [-0.1, -0.05) is 17.7 Å². The van der Waals surface area contributed by atoms with Crippen molar-refractivity contribution in [2.24, 2.45) is 0 Å². The number of pyridine rings is 1. The molecule has 1 heterocycles. The Morgan fingerprint density at radius 2 is 2.00 bits per heavy atom. The van der Waals surface area contributed by atoms with Crippen LogP contribution < -0.4 is 5.32 Å². The van der Waals surface area contributed by atoms with Crippen LogP contribution in [0, 0.1) is 0 Å². The standard InChI is InChI=1S/C18H17ClF3N3O2/c1-12(26)25(11-13-3-2-7-23-10-13)8-6-17(27)24-16-5-4-14(19)9-15(16)18(20,21)22/h2-5,7,9-10H,6,8,11H2,1H3,(H,24,27). The Labute approximate surface area is 159 Å². The molecule has 0 atom stereocenters. The summed E-state index contributed by atoms with van der Waals surface area (Å²) in [6.45, 7) is 1.67. The molecule has 0 saturated carbocycles. The summed E-state index contributed by atoms with van der Waals surface area (Å²) in [6, 6.07) is 6.62. The van der Waals surface area contributed by atoms with Crippen molar-refractivity contribution in [2.75, 3.05) is 11.9 Å². The Balaban J connectivity index is 2.02. The molecular formula is C18H17ClF3N3O2. The second kappa shape index (κ2) is 8.85. The van der Waals surface area contributed by atoms with Crippen LogP contribution >= 0.6 is 11.6 Å². The van der Waals surface area contributed by atoms with Crippen LogP contribution in [0.25, 0.3) is 0 Å². The summed E-state index contributed by atoms with van der Waals surface area (Å²) in [6.07, 6.45) is -1.61. The van der Waals surface area contributed by atoms with E-state index in [0.29, 0.717) is 0 Å². The minimum atomic E-state index is -4.65. The van der Waals surface area contributed by atoms with Gasteiger partial charge in [0.25, 0.3) is 0 Å². The van der Waals surface area contributed by atoms with Crippen molar-refractivity contribution in [3.63, 3.8) is 0 Å². The molecule has 0 aliphatic rings. The third-order valence-corrected chi connectivity index (χ3v) is 3.95. The number of hydrogen-bond donors (Lipinski definition) is 1. The molecule has 5 nitrogen and oxygen atoms in total. The number of aromatic nitrogens is 1. The van der Waals surface area contributed by atoms with Gasteiger partial charge in [-0.05, 0) is 29.8 Å². The van der Waals surface area contributed by atoms with Crippen molar-refractivity contribution in [3.05, 3.63) is 58.9 Å². The van der Waals surface area contributed by atoms with Gasteiger partial charge >= 0.3 is 6.18 Å². The molecule has 27 heavy (non-hydrogen) atoms. The lowest BCUT2D eigenvalue weighted by Gasteiger charge is -2.21. The minimum Gasteiger partial charge on any atom is -0.338 e. The van der Waals surface area contributed by atoms with Gasteiger partial charge in [0.1, 0.15) is 0 Å². The third kappa shape index (κ3) is 6.25. The van der Waals surface area contributed by atoms with E-state index in [1.165, 1.54) is 17.9 Å². The number of hydrogen-bond acceptors (Lipinski definition) is 3. The van der Waals surface area contributed by atoms with Crippen molar-refractivity contribution in [1.29, 1.82) is 0 Å². The van der Waals surface area contributed by atoms with Gasteiger partial charge in [0, 0.05) is 43.9 Å². The Morgan fingerprint density at radius 3 is 2.59 bits per heavy atom. The Kier molecular flexibility index (Phi) is 6.79. The van der Waals surface area contributed by atoms with Gasteiger partial charge in [-0.15, -0.1) is 0 Å². The van der Waals surface area contributed by atoms with Crippen LogP contribution in [0.3, 0.4) is 0 Å². The Morgan fingerprint density at radius 1 is 1.26 bits per heavy atom. The molecule has 1 N–H and O–H groups in total. The molecule has 0 bridgehead atoms. The first-order valence-electron chi connectivity index (χ1n) is 7.98. The monoisotopic (exact) mass is 399 g/mol. The van der Waals surface area contributed by atoms with Gasteiger partial charge in [-0.25, -0.2) is 0 Å². The molecule has 1 aromatic heterocycles. The molecule has 0 unspecified atom stereocenters. The summed E-state index contributed by atoms with van der Waals surface area (Å²) in [5, 5.41) is 2.15. The van der Waals surface area contributed by atoms with Crippen molar-refractivity contribution < 1.29 is 22.8 Å². The number of alkyl halides is 3. The van der Waals surface area contributed by atoms with E-state index in [1.807, 2.05) is 0 Å². The maximum Gasteiger partial charge on any atom is 0.418 e. The zero-order chi connectivity index (χ0) is 20.0. The first-order chi connectivity index (χ1) is 12.7. The quantitative estimate of drug-likeness (QED) is 0.794. The van der Waals surface area contributed by atoms with E-state index in [4.69, 9.17) is 11.6 Å². The SMILES string of the molecule is CC(=O)N(CCC(=O)Nc1ccc(Cl)cc1C(F)(F)F)Cc1cccnc1. The Bertz CT molecular complexity index is 813. The molecule has 0 fully saturated rings. The summed E-state index contributed by atoms with van der Waals surface area (Å²) < 4.78 is 39.2. The maximum atomic E-state index is 13.1. The van der Waals surface area contributed by atoms with E-state index < -0.39 is 17.6 Å². The third-order valence-electron chi connectivity index (χ3n) is 3.71. The van der Waals surface area contributed by atoms with Gasteiger partial charge in [0.15, 0.2) is 0 Å². The predicted octanol–water partition coefficient (Wildman–Crippen LogP) is 4.13. The number of rotatable bonds is 6. The second-order valence-corrected chi connectivity index (χ2v) is 6.22. The maximum absolute atomic E-state index is 13.1. The fraction of sp³-hybridized carbons (Fsp3) is 0.278. The van der Waals surface area contributed by atoms with Crippen LogP contribution in [0.4, 0.5) is 18.9 Å². The van der Waals surface area contributed by atoms with Crippen molar-refractivity contribution in [1.82, 2.24) is 9.88 Å². The highest BCUT2D eigenvalue weighted by Gasteiger charge is 2.34. The molecule has 2 aromatic rings. The van der Waals surface area contributed by atoms with Crippen LogP contribution in [-0.2, 0) is 22.3 Å². The molecule has 1 aromatic carbocycles. The summed E-state index contributed by atoms with van der Waals surface area (Å²) in [7, 11) is 0. The zero-order valence-electron chi connectivity index (χ0n) is 14.4. The van der Waals surface area contributed by atoms with E-state index in [2.05, 4.69) is 10.3 Å². The molecule has 0 radical (unpaired) electrons. The molecule has 9 heteroatoms. The number of carbonyl (C=O) groups is 2. The lowest BCUT2D eigenvalue weighted by atomic mass is 10.1. The van der Waals surface area contributed by atoms with Crippen molar-refractivity contribution >= 4 is 29.1 Å². The van der Waals surface area contributed by atoms with Crippen molar-refractivity contribution in [2.45, 2.75) is 26.1 Å². The van der Waals surface area contributed by atoms with E-state index in [9.17, 15) is 22.8 Å². The lowest BCUT2D eigenvalue weighted by molar-refractivity contribution is -0.137. The summed E-state index contributed by atoms with van der Waals surface area (Å²) in [5.74, 6) is -0.894. The molecule has 144 valence electrons. The number of anilines is 1. The average Bonchev–Trinajstić information content (AvgIpc) is 2.60. The molecule has 0 aliphatic heterocycles. The van der Waals surface area contributed by atoms with Crippen LogP contribution in [0.1, 0.15) is 24.5 Å². The molecule has 0 spiro atoms. The normalized spacial score (nSPS) is 11.1. The largest absolute Gasteiger partial charge is 0.418 e. The summed E-state index contributed by atoms with van der Waals surface area (Å²) in [4.78, 5) is 29.2. The topological polar surface area (TPSA) is 62.3 Å². The molecule has 0 saturated heterocycles. The van der Waals surface area contributed by atoms with Crippen LogP contribution in [0.2, 0.25) is 5.02 Å². The van der Waals surface area contributed by atoms with Crippen molar-refractivity contribution in [3.8, 4) is 0 Å². The number of amides is 2. The fourth-order valence-corrected chi connectivity index (χ4v) is 2.54. The highest BCUT2D eigenvalue weighted by molar-refractivity contribution is 6.30. The van der Waals surface area contributed by atoms with E-state index in [0.717, 1.165) is 17.7 Å². The molecular weight excluding hydrogens is 383 g/mol. The second-order valence-electron chi connectivity index (χ2n) is 5.79. The zero-order valence-corrected chi connectivity index (χ0v) is 15.1. The van der Waals surface area contributed by atoms with Gasteiger partial charge in [0.05, 0.1) is 11.3 Å². The van der Waals surface area contributed by atoms with Gasteiger partial charge < -0.3 is 10.2 Å². The van der Waals surface area contributed by atoms with Gasteiger partial charge in [-0.3, -0.25) is 14.6 Å². The first-order valence-corrected chi connectivity index (χ1v) is 8.35. The van der Waals surface area contributed by atoms with Gasteiger partial charge in [-0.2, -0.15) is 13.2 Å². The van der Waals surface area contributed by atoms with Crippen LogP contribution in [-0.4, -0.2) is 28.2 Å². The van der Waals surface area contributed by atoms with E-state index in [-0.39, 0.29) is 36.1 Å². The smallest absolute Gasteiger partial charge is 0.338 e. The Hall–Kier alpha value is -2.61. The number of nitrogens with one attached hydrogen (secondary N) is 1. The average molecular weight is 400 g/mol. The van der Waals surface area contributed by atoms with E-state index in [1.54, 1.807) is 24.5 Å². The van der Waals surface area contributed by atoms with E-state index >= 15 is 0 Å². The number of carbonyl (C=O) groups excluding carboxylic acids is 2. The lowest BCUT2D eigenvalue weighted by Crippen LogP contribution is -2.31. The van der Waals surface area contributed by atoms with Gasteiger partial charge in [0.2, 0.25) is 11.8 Å². The number of benzene rings is 1. The molecule has 0 aliphatic carbocycles. The molecule has 2 amide bonds. The summed E-state index contributed by atoms with van der Waals surface area (Å²) in [5.41, 5.74) is -0.620. The fourth-order valence-electron chi connectivity index (χ4n) is 2.37. The molecule has 2 rings (SSSR count). The number of nitrogens with zero attached hydrogens (tertiary/aromatic N) is 2. The first kappa shape index (κ1) is 20.7. The highest BCUT2D eigenvalue weighted by Crippen LogP contribution is 2.36. The highest BCUT2D eigenvalue weighted by atomic mass is 35.5. The predicted molar refractivity (Wildman–Crippen MR) is 95.0 cm³/mol. The van der Waals surface area contributed by atoms with Crippen LogP contribution in [0.5, 0.6) is 0 Å². The minimum absolute atomic E-state index is 0.0605.